The molecule has 2 aliphatic rings. The summed E-state index contributed by atoms with van der Waals surface area (Å²) in [5.41, 5.74) is 4.02. The minimum atomic E-state index is 0.635. The van der Waals surface area contributed by atoms with Crippen molar-refractivity contribution in [3.05, 3.63) is 52.7 Å². The Bertz CT molecular complexity index is 1180. The quantitative estimate of drug-likeness (QED) is 0.446. The van der Waals surface area contributed by atoms with Crippen LogP contribution in [0, 0.1) is 17.2 Å². The van der Waals surface area contributed by atoms with Crippen molar-refractivity contribution in [1.82, 2.24) is 14.3 Å². The number of nitriles is 1. The molecule has 1 fully saturated rings. The van der Waals surface area contributed by atoms with Gasteiger partial charge >= 0.3 is 0 Å². The number of rotatable bonds is 7. The van der Waals surface area contributed by atoms with Crippen LogP contribution in [0.4, 0.5) is 10.9 Å². The van der Waals surface area contributed by atoms with E-state index in [4.69, 9.17) is 4.74 Å². The van der Waals surface area contributed by atoms with Crippen molar-refractivity contribution >= 4 is 34.2 Å². The van der Waals surface area contributed by atoms with Crippen LogP contribution in [0.2, 0.25) is 0 Å². The first kappa shape index (κ1) is 23.9. The molecule has 0 bridgehead atoms. The Kier molecular flexibility index (Phi) is 7.42. The molecule has 2 aromatic heterocycles. The molecule has 0 saturated carbocycles. The standard InChI is InChI=1S/C26H30N6OS2/c1-28-25-23(13-27)22-9-10-31(16-24(22)35-25)26-29-14-20(15-30-26)19-3-5-21(6-4-19)33-17-18-7-11-32(34-2)12-8-18/h3-6,14-15,18,28H,7-12,16-17H2,1-2H3. The fraction of sp³-hybridized carbons (Fsp3) is 0.423. The average molecular weight is 507 g/mol. The first-order valence-corrected chi connectivity index (χ1v) is 14.0. The molecule has 0 radical (unpaired) electrons. The summed E-state index contributed by atoms with van der Waals surface area (Å²) in [6.07, 6.45) is 9.16. The van der Waals surface area contributed by atoms with Crippen molar-refractivity contribution in [3.63, 3.8) is 0 Å². The number of piperidine rings is 1. The SMILES string of the molecule is CNc1sc2c(c1C#N)CCN(c1ncc(-c3ccc(OCC4CCN(SC)CC4)cc3)cn1)C2. The highest BCUT2D eigenvalue weighted by Crippen LogP contribution is 2.37. The first-order chi connectivity index (χ1) is 17.2. The molecule has 0 amide bonds. The molecule has 4 heterocycles. The number of ether oxygens (including phenoxy) is 1. The van der Waals surface area contributed by atoms with E-state index in [1.807, 2.05) is 43.5 Å². The van der Waals surface area contributed by atoms with Crippen LogP contribution in [-0.2, 0) is 13.0 Å². The van der Waals surface area contributed by atoms with Crippen LogP contribution < -0.4 is 15.0 Å². The van der Waals surface area contributed by atoms with E-state index < -0.39 is 0 Å². The van der Waals surface area contributed by atoms with Gasteiger partial charge in [0.05, 0.1) is 18.7 Å². The summed E-state index contributed by atoms with van der Waals surface area (Å²) in [4.78, 5) is 12.7. The number of anilines is 2. The van der Waals surface area contributed by atoms with Crippen molar-refractivity contribution in [1.29, 1.82) is 5.26 Å². The largest absolute Gasteiger partial charge is 0.493 e. The second-order valence-corrected chi connectivity index (χ2v) is 10.9. The highest BCUT2D eigenvalue weighted by atomic mass is 32.2. The van der Waals surface area contributed by atoms with E-state index in [0.29, 0.717) is 5.92 Å². The van der Waals surface area contributed by atoms with Gasteiger partial charge in [-0.3, -0.25) is 4.31 Å². The molecule has 1 N–H and O–H groups in total. The van der Waals surface area contributed by atoms with Gasteiger partial charge in [-0.05, 0) is 54.7 Å². The smallest absolute Gasteiger partial charge is 0.225 e. The summed E-state index contributed by atoms with van der Waals surface area (Å²) in [6.45, 7) is 4.62. The zero-order chi connectivity index (χ0) is 24.2. The Morgan fingerprint density at radius 1 is 1.14 bits per heavy atom. The number of hydrogen-bond acceptors (Lipinski definition) is 9. The summed E-state index contributed by atoms with van der Waals surface area (Å²) in [5.74, 6) is 2.27. The molecule has 7 nitrogen and oxygen atoms in total. The van der Waals surface area contributed by atoms with Gasteiger partial charge in [0.25, 0.3) is 0 Å². The van der Waals surface area contributed by atoms with Crippen LogP contribution in [0.25, 0.3) is 11.1 Å². The molecule has 0 atom stereocenters. The maximum absolute atomic E-state index is 9.51. The molecule has 182 valence electrons. The molecule has 5 rings (SSSR count). The van der Waals surface area contributed by atoms with E-state index in [1.165, 1.54) is 23.3 Å². The van der Waals surface area contributed by atoms with Crippen LogP contribution in [-0.4, -0.2) is 53.8 Å². The van der Waals surface area contributed by atoms with Crippen molar-refractivity contribution in [2.75, 3.05) is 49.8 Å². The molecule has 35 heavy (non-hydrogen) atoms. The monoisotopic (exact) mass is 506 g/mol. The lowest BCUT2D eigenvalue weighted by atomic mass is 9.99. The lowest BCUT2D eigenvalue weighted by Crippen LogP contribution is -2.31. The normalized spacial score (nSPS) is 16.5. The van der Waals surface area contributed by atoms with E-state index in [2.05, 4.69) is 48.9 Å². The highest BCUT2D eigenvalue weighted by Gasteiger charge is 2.25. The summed E-state index contributed by atoms with van der Waals surface area (Å²) in [6, 6.07) is 10.6. The predicted octanol–water partition coefficient (Wildman–Crippen LogP) is 5.05. The second-order valence-electron chi connectivity index (χ2n) is 8.90. The Morgan fingerprint density at radius 2 is 1.89 bits per heavy atom. The summed E-state index contributed by atoms with van der Waals surface area (Å²) < 4.78 is 8.50. The molecule has 0 aliphatic carbocycles. The molecular formula is C26H30N6OS2. The molecular weight excluding hydrogens is 476 g/mol. The first-order valence-electron chi connectivity index (χ1n) is 12.0. The molecule has 1 aromatic carbocycles. The van der Waals surface area contributed by atoms with E-state index in [1.54, 1.807) is 11.3 Å². The van der Waals surface area contributed by atoms with E-state index in [9.17, 15) is 5.26 Å². The van der Waals surface area contributed by atoms with Gasteiger partial charge in [-0.2, -0.15) is 5.26 Å². The predicted molar refractivity (Wildman–Crippen MR) is 144 cm³/mol. The number of nitrogens with zero attached hydrogens (tertiary/aromatic N) is 5. The fourth-order valence-electron chi connectivity index (χ4n) is 4.72. The number of benzene rings is 1. The Balaban J connectivity index is 1.19. The third-order valence-corrected chi connectivity index (χ3v) is 8.94. The minimum Gasteiger partial charge on any atom is -0.493 e. The number of fused-ring (bicyclic) bond motifs is 1. The topological polar surface area (TPSA) is 77.3 Å². The minimum absolute atomic E-state index is 0.635. The molecule has 9 heteroatoms. The zero-order valence-corrected chi connectivity index (χ0v) is 21.8. The maximum Gasteiger partial charge on any atom is 0.225 e. The van der Waals surface area contributed by atoms with Crippen molar-refractivity contribution in [2.45, 2.75) is 25.8 Å². The van der Waals surface area contributed by atoms with Crippen LogP contribution in [0.5, 0.6) is 5.75 Å². The average Bonchev–Trinajstić information content (AvgIpc) is 3.29. The van der Waals surface area contributed by atoms with Crippen LogP contribution in [0.3, 0.4) is 0 Å². The molecule has 2 aliphatic heterocycles. The summed E-state index contributed by atoms with van der Waals surface area (Å²) >= 11 is 3.49. The molecule has 0 unspecified atom stereocenters. The Labute approximate surface area is 215 Å². The van der Waals surface area contributed by atoms with Crippen molar-refractivity contribution in [2.24, 2.45) is 5.92 Å². The van der Waals surface area contributed by atoms with Gasteiger partial charge in [0.1, 0.15) is 16.8 Å². The number of aromatic nitrogens is 2. The van der Waals surface area contributed by atoms with Crippen molar-refractivity contribution < 1.29 is 4.74 Å². The van der Waals surface area contributed by atoms with Gasteiger partial charge in [0.15, 0.2) is 0 Å². The van der Waals surface area contributed by atoms with Gasteiger partial charge in [0, 0.05) is 49.5 Å². The van der Waals surface area contributed by atoms with Crippen molar-refractivity contribution in [3.8, 4) is 22.9 Å². The van der Waals surface area contributed by atoms with Gasteiger partial charge < -0.3 is 15.0 Å². The fourth-order valence-corrected chi connectivity index (χ4v) is 6.46. The van der Waals surface area contributed by atoms with Crippen LogP contribution in [0.1, 0.15) is 28.8 Å². The highest BCUT2D eigenvalue weighted by molar-refractivity contribution is 7.96. The number of thiophene rings is 1. The molecule has 3 aromatic rings. The molecule has 0 spiro atoms. The number of nitrogens with one attached hydrogen (secondary N) is 1. The zero-order valence-electron chi connectivity index (χ0n) is 20.2. The van der Waals surface area contributed by atoms with Crippen LogP contribution in [0.15, 0.2) is 36.7 Å². The van der Waals surface area contributed by atoms with E-state index in [-0.39, 0.29) is 0 Å². The summed E-state index contributed by atoms with van der Waals surface area (Å²) in [7, 11) is 1.87. The Hall–Kier alpha value is -2.80. The third-order valence-electron chi connectivity index (χ3n) is 6.82. The van der Waals surface area contributed by atoms with Gasteiger partial charge in [0.2, 0.25) is 5.95 Å². The summed E-state index contributed by atoms with van der Waals surface area (Å²) in [5, 5.41) is 13.6. The lowest BCUT2D eigenvalue weighted by Gasteiger charge is -2.29. The van der Waals surface area contributed by atoms with E-state index in [0.717, 1.165) is 72.6 Å². The van der Waals surface area contributed by atoms with Gasteiger partial charge in [-0.1, -0.05) is 24.1 Å². The van der Waals surface area contributed by atoms with E-state index >= 15 is 0 Å². The maximum atomic E-state index is 9.51. The second kappa shape index (κ2) is 10.9. The Morgan fingerprint density at radius 3 is 2.54 bits per heavy atom. The van der Waals surface area contributed by atoms with Gasteiger partial charge in [-0.15, -0.1) is 11.3 Å². The van der Waals surface area contributed by atoms with Crippen LogP contribution >= 0.6 is 23.3 Å². The lowest BCUT2D eigenvalue weighted by molar-refractivity contribution is 0.191. The number of hydrogen-bond donors (Lipinski definition) is 1. The third kappa shape index (κ3) is 5.25. The van der Waals surface area contributed by atoms with Gasteiger partial charge in [-0.25, -0.2) is 9.97 Å². The molecule has 1 saturated heterocycles.